The van der Waals surface area contributed by atoms with Crippen molar-refractivity contribution >= 4 is 17.8 Å². The summed E-state index contributed by atoms with van der Waals surface area (Å²) in [6, 6.07) is 20.3. The Labute approximate surface area is 227 Å². The molecule has 3 N–H and O–H groups in total. The van der Waals surface area contributed by atoms with Crippen molar-refractivity contribution in [2.75, 3.05) is 32.7 Å². The van der Waals surface area contributed by atoms with E-state index in [0.29, 0.717) is 19.5 Å². The van der Waals surface area contributed by atoms with Crippen LogP contribution in [0.15, 0.2) is 65.7 Å². The van der Waals surface area contributed by atoms with Crippen LogP contribution in [0.25, 0.3) is 0 Å². The molecular weight excluding hydrogens is 476 g/mol. The smallest absolute Gasteiger partial charge is 0.242 e. The lowest BCUT2D eigenvalue weighted by Gasteiger charge is -2.23. The van der Waals surface area contributed by atoms with Gasteiger partial charge in [0.05, 0.1) is 13.1 Å². The van der Waals surface area contributed by atoms with E-state index in [1.807, 2.05) is 55.1 Å². The number of nitriles is 1. The Kier molecular flexibility index (Phi) is 14.0. The van der Waals surface area contributed by atoms with Crippen LogP contribution in [-0.4, -0.2) is 60.3 Å². The van der Waals surface area contributed by atoms with Crippen LogP contribution in [0.5, 0.6) is 0 Å². The number of benzene rings is 2. The number of carbonyl (C=O) groups excluding carboxylic acids is 2. The maximum atomic E-state index is 11.9. The third-order valence-corrected chi connectivity index (χ3v) is 6.49. The van der Waals surface area contributed by atoms with Crippen LogP contribution in [0.2, 0.25) is 0 Å². The van der Waals surface area contributed by atoms with Gasteiger partial charge in [-0.05, 0) is 36.8 Å². The summed E-state index contributed by atoms with van der Waals surface area (Å²) in [6.45, 7) is 7.31. The summed E-state index contributed by atoms with van der Waals surface area (Å²) in [5.74, 6) is 0.554. The Morgan fingerprint density at radius 3 is 2.05 bits per heavy atom. The number of aliphatic imine (C=N–C) groups is 1. The standard InChI is InChI=1S/C16H16N4.C12H20N2O2.C2H6/c17-12-20-16(18)19-11-15(13-7-3-1-4-8-13)14-9-5-2-6-10-14;15-11-6-2-1-3-9-14(11)10-12(16)13-7-4-5-8-13;1-2/h1-10,15H,11H2,(H3,18,19,20);1-10H2;1-2H3. The van der Waals surface area contributed by atoms with Gasteiger partial charge in [-0.2, -0.15) is 5.26 Å². The minimum Gasteiger partial charge on any atom is -0.369 e. The summed E-state index contributed by atoms with van der Waals surface area (Å²) in [5, 5.41) is 10.9. The largest absolute Gasteiger partial charge is 0.369 e. The molecule has 0 aliphatic carbocycles. The van der Waals surface area contributed by atoms with Crippen LogP contribution in [0.3, 0.4) is 0 Å². The summed E-state index contributed by atoms with van der Waals surface area (Å²) < 4.78 is 0. The number of nitrogens with one attached hydrogen (secondary N) is 1. The minimum absolute atomic E-state index is 0.122. The van der Waals surface area contributed by atoms with Crippen LogP contribution < -0.4 is 11.1 Å². The first kappa shape index (κ1) is 30.4. The van der Waals surface area contributed by atoms with E-state index in [2.05, 4.69) is 34.6 Å². The van der Waals surface area contributed by atoms with E-state index < -0.39 is 0 Å². The molecule has 2 aromatic carbocycles. The first-order chi connectivity index (χ1) is 18.6. The zero-order valence-electron chi connectivity index (χ0n) is 22.8. The highest BCUT2D eigenvalue weighted by atomic mass is 16.2. The van der Waals surface area contributed by atoms with Gasteiger partial charge in [0.15, 0.2) is 6.19 Å². The second-order valence-electron chi connectivity index (χ2n) is 9.05. The molecule has 0 bridgehead atoms. The Hall–Kier alpha value is -3.86. The van der Waals surface area contributed by atoms with Crippen molar-refractivity contribution in [1.82, 2.24) is 15.1 Å². The van der Waals surface area contributed by atoms with Crippen LogP contribution in [-0.2, 0) is 9.59 Å². The molecule has 2 aliphatic heterocycles. The molecule has 0 atom stereocenters. The summed E-state index contributed by atoms with van der Waals surface area (Å²) in [5.41, 5.74) is 7.95. The van der Waals surface area contributed by atoms with Crippen molar-refractivity contribution in [3.8, 4) is 6.19 Å². The fourth-order valence-corrected chi connectivity index (χ4v) is 4.50. The number of hydrogen-bond donors (Lipinski definition) is 2. The second kappa shape index (κ2) is 17.6. The Balaban J connectivity index is 0.000000256. The van der Waals surface area contributed by atoms with E-state index in [4.69, 9.17) is 11.0 Å². The lowest BCUT2D eigenvalue weighted by Crippen LogP contribution is -2.41. The Morgan fingerprint density at radius 1 is 0.947 bits per heavy atom. The number of nitrogens with two attached hydrogens (primary N) is 1. The molecule has 38 heavy (non-hydrogen) atoms. The van der Waals surface area contributed by atoms with Gasteiger partial charge in [-0.3, -0.25) is 19.9 Å². The zero-order chi connectivity index (χ0) is 27.6. The fraction of sp³-hybridized carbons (Fsp3) is 0.467. The molecule has 2 aliphatic rings. The molecular formula is C30H42N6O2. The maximum absolute atomic E-state index is 11.9. The summed E-state index contributed by atoms with van der Waals surface area (Å²) in [6.07, 6.45) is 7.74. The van der Waals surface area contributed by atoms with Gasteiger partial charge in [0.1, 0.15) is 0 Å². The molecule has 0 aromatic heterocycles. The lowest BCUT2D eigenvalue weighted by atomic mass is 9.91. The highest BCUT2D eigenvalue weighted by molar-refractivity contribution is 5.85. The molecule has 2 saturated heterocycles. The van der Waals surface area contributed by atoms with E-state index in [1.54, 1.807) is 11.1 Å². The van der Waals surface area contributed by atoms with E-state index in [-0.39, 0.29) is 23.7 Å². The highest BCUT2D eigenvalue weighted by Gasteiger charge is 2.23. The van der Waals surface area contributed by atoms with Crippen molar-refractivity contribution in [3.63, 3.8) is 0 Å². The average Bonchev–Trinajstić information content (AvgIpc) is 3.43. The van der Waals surface area contributed by atoms with Crippen molar-refractivity contribution in [2.24, 2.45) is 10.7 Å². The summed E-state index contributed by atoms with van der Waals surface area (Å²) in [4.78, 5) is 31.5. The molecule has 2 heterocycles. The van der Waals surface area contributed by atoms with Crippen molar-refractivity contribution in [2.45, 2.75) is 58.3 Å². The van der Waals surface area contributed by atoms with Gasteiger partial charge in [0.25, 0.3) is 0 Å². The van der Waals surface area contributed by atoms with Crippen molar-refractivity contribution in [1.29, 1.82) is 5.26 Å². The van der Waals surface area contributed by atoms with E-state index in [1.165, 1.54) is 11.1 Å². The van der Waals surface area contributed by atoms with Gasteiger partial charge >= 0.3 is 0 Å². The quantitative estimate of drug-likeness (QED) is 0.257. The number of rotatable bonds is 6. The minimum atomic E-state index is 0.122. The van der Waals surface area contributed by atoms with Gasteiger partial charge in [-0.1, -0.05) is 80.9 Å². The first-order valence-electron chi connectivity index (χ1n) is 13.7. The van der Waals surface area contributed by atoms with E-state index in [0.717, 1.165) is 51.7 Å². The molecule has 4 rings (SSSR count). The van der Waals surface area contributed by atoms with E-state index >= 15 is 0 Å². The second-order valence-corrected chi connectivity index (χ2v) is 9.05. The van der Waals surface area contributed by atoms with Gasteiger partial charge in [0.2, 0.25) is 17.8 Å². The highest BCUT2D eigenvalue weighted by Crippen LogP contribution is 2.24. The van der Waals surface area contributed by atoms with Gasteiger partial charge < -0.3 is 15.5 Å². The number of likely N-dealkylation sites (tertiary alicyclic amines) is 2. The van der Waals surface area contributed by atoms with Crippen molar-refractivity contribution < 1.29 is 9.59 Å². The third-order valence-electron chi connectivity index (χ3n) is 6.49. The maximum Gasteiger partial charge on any atom is 0.242 e. The van der Waals surface area contributed by atoms with Crippen LogP contribution in [0, 0.1) is 11.5 Å². The zero-order valence-corrected chi connectivity index (χ0v) is 22.8. The topological polar surface area (TPSA) is 115 Å². The summed E-state index contributed by atoms with van der Waals surface area (Å²) >= 11 is 0. The average molecular weight is 519 g/mol. The Bertz CT molecular complexity index is 990. The van der Waals surface area contributed by atoms with Gasteiger partial charge in [0, 0.05) is 32.0 Å². The number of guanidine groups is 1. The Morgan fingerprint density at radius 2 is 1.50 bits per heavy atom. The molecule has 204 valence electrons. The lowest BCUT2D eigenvalue weighted by molar-refractivity contribution is -0.139. The fourth-order valence-electron chi connectivity index (χ4n) is 4.50. The molecule has 2 fully saturated rings. The molecule has 0 unspecified atom stereocenters. The van der Waals surface area contributed by atoms with Crippen molar-refractivity contribution in [3.05, 3.63) is 71.8 Å². The number of nitrogens with zero attached hydrogens (tertiary/aromatic N) is 4. The SMILES string of the molecule is CC.N#CNC(N)=NCC(c1ccccc1)c1ccccc1.O=C(CN1CCCCCC1=O)N1CCCC1. The van der Waals surface area contributed by atoms with E-state index in [9.17, 15) is 9.59 Å². The predicted octanol–water partition coefficient (Wildman–Crippen LogP) is 4.24. The molecule has 8 heteroatoms. The number of carbonyl (C=O) groups is 2. The summed E-state index contributed by atoms with van der Waals surface area (Å²) in [7, 11) is 0. The normalized spacial score (nSPS) is 15.4. The molecule has 2 amide bonds. The number of amides is 2. The molecule has 0 radical (unpaired) electrons. The molecule has 8 nitrogen and oxygen atoms in total. The van der Waals surface area contributed by atoms with Crippen LogP contribution in [0.4, 0.5) is 0 Å². The monoisotopic (exact) mass is 518 g/mol. The number of hydrogen-bond acceptors (Lipinski definition) is 4. The van der Waals surface area contributed by atoms with Crippen LogP contribution in [0.1, 0.15) is 69.4 Å². The van der Waals surface area contributed by atoms with Gasteiger partial charge in [-0.15, -0.1) is 0 Å². The molecule has 0 saturated carbocycles. The first-order valence-corrected chi connectivity index (χ1v) is 13.7. The van der Waals surface area contributed by atoms with Gasteiger partial charge in [-0.25, -0.2) is 0 Å². The predicted molar refractivity (Wildman–Crippen MR) is 152 cm³/mol. The molecule has 2 aromatic rings. The molecule has 0 spiro atoms. The third kappa shape index (κ3) is 10.3. The van der Waals surface area contributed by atoms with Crippen LogP contribution >= 0.6 is 0 Å².